The van der Waals surface area contributed by atoms with E-state index in [0.717, 1.165) is 24.9 Å². The molecule has 4 rings (SSSR count). The molecule has 7 nitrogen and oxygen atoms in total. The molecule has 1 aliphatic carbocycles. The number of hydrogen-bond acceptors (Lipinski definition) is 5. The van der Waals surface area contributed by atoms with E-state index < -0.39 is 0 Å². The van der Waals surface area contributed by atoms with Gasteiger partial charge in [0.25, 0.3) is 5.91 Å². The van der Waals surface area contributed by atoms with E-state index in [2.05, 4.69) is 14.9 Å². The number of aliphatic hydroxyl groups is 1. The van der Waals surface area contributed by atoms with Crippen molar-refractivity contribution in [3.63, 3.8) is 0 Å². The normalized spacial score (nSPS) is 25.2. The van der Waals surface area contributed by atoms with Crippen LogP contribution in [-0.4, -0.2) is 63.9 Å². The summed E-state index contributed by atoms with van der Waals surface area (Å²) in [6, 6.07) is 7.86. The number of amides is 1. The number of nitrogens with one attached hydrogen (secondary N) is 1. The summed E-state index contributed by atoms with van der Waals surface area (Å²) in [5.74, 6) is 0.520. The first-order valence-corrected chi connectivity index (χ1v) is 10.0. The second-order valence-electron chi connectivity index (χ2n) is 7.75. The zero-order chi connectivity index (χ0) is 19.3. The third kappa shape index (κ3) is 4.60. The summed E-state index contributed by atoms with van der Waals surface area (Å²) in [5.41, 5.74) is 1.83. The molecule has 2 aliphatic rings. The zero-order valence-electron chi connectivity index (χ0n) is 16.0. The van der Waals surface area contributed by atoms with Crippen LogP contribution in [-0.2, 0) is 17.8 Å². The highest BCUT2D eigenvalue weighted by Gasteiger charge is 2.32. The van der Waals surface area contributed by atoms with Crippen LogP contribution in [0.15, 0.2) is 43.0 Å². The lowest BCUT2D eigenvalue weighted by Crippen LogP contribution is -2.40. The summed E-state index contributed by atoms with van der Waals surface area (Å²) in [6.07, 6.45) is 7.01. The van der Waals surface area contributed by atoms with Crippen LogP contribution in [0.2, 0.25) is 0 Å². The number of aromatic nitrogens is 2. The lowest BCUT2D eigenvalue weighted by molar-refractivity contribution is 0.0303. The summed E-state index contributed by atoms with van der Waals surface area (Å²) in [7, 11) is 0. The minimum Gasteiger partial charge on any atom is -0.391 e. The second kappa shape index (κ2) is 8.86. The molecule has 2 N–H and O–H groups in total. The number of rotatable bonds is 6. The predicted molar refractivity (Wildman–Crippen MR) is 105 cm³/mol. The van der Waals surface area contributed by atoms with Crippen molar-refractivity contribution >= 4 is 5.91 Å². The molecule has 28 heavy (non-hydrogen) atoms. The lowest BCUT2D eigenvalue weighted by Gasteiger charge is -2.26. The number of ether oxygens (including phenoxy) is 1. The van der Waals surface area contributed by atoms with Crippen LogP contribution in [0.1, 0.15) is 28.8 Å². The van der Waals surface area contributed by atoms with Gasteiger partial charge in [0.05, 0.1) is 25.6 Å². The molecule has 1 unspecified atom stereocenters. The van der Waals surface area contributed by atoms with Crippen molar-refractivity contribution in [3.8, 4) is 0 Å². The van der Waals surface area contributed by atoms with E-state index in [1.165, 1.54) is 0 Å². The number of carbonyl (C=O) groups is 1. The SMILES string of the molecule is O=C(c1ccc(CN[C@@H]2CC(Cn3ccnc3)C[C@H]2O)cc1)N1CCOCC1. The van der Waals surface area contributed by atoms with Crippen LogP contribution in [0.3, 0.4) is 0 Å². The molecule has 1 saturated heterocycles. The highest BCUT2D eigenvalue weighted by Crippen LogP contribution is 2.27. The Morgan fingerprint density at radius 1 is 1.21 bits per heavy atom. The molecule has 0 spiro atoms. The first kappa shape index (κ1) is 19.1. The lowest BCUT2D eigenvalue weighted by atomic mass is 10.1. The topological polar surface area (TPSA) is 79.6 Å². The average Bonchev–Trinajstić information content (AvgIpc) is 3.36. The third-order valence-electron chi connectivity index (χ3n) is 5.72. The van der Waals surface area contributed by atoms with E-state index in [4.69, 9.17) is 4.74 Å². The highest BCUT2D eigenvalue weighted by atomic mass is 16.5. The maximum Gasteiger partial charge on any atom is 0.254 e. The monoisotopic (exact) mass is 384 g/mol. The highest BCUT2D eigenvalue weighted by molar-refractivity contribution is 5.94. The second-order valence-corrected chi connectivity index (χ2v) is 7.75. The van der Waals surface area contributed by atoms with Gasteiger partial charge < -0.3 is 24.6 Å². The maximum atomic E-state index is 12.5. The fraction of sp³-hybridized carbons (Fsp3) is 0.524. The summed E-state index contributed by atoms with van der Waals surface area (Å²) in [5, 5.41) is 13.9. The molecule has 0 bridgehead atoms. The van der Waals surface area contributed by atoms with Crippen LogP contribution < -0.4 is 5.32 Å². The Hall–Kier alpha value is -2.22. The minimum absolute atomic E-state index is 0.0661. The van der Waals surface area contributed by atoms with E-state index in [9.17, 15) is 9.90 Å². The largest absolute Gasteiger partial charge is 0.391 e. The fourth-order valence-electron chi connectivity index (χ4n) is 4.14. The Morgan fingerprint density at radius 2 is 2.00 bits per heavy atom. The molecule has 150 valence electrons. The molecule has 2 heterocycles. The van der Waals surface area contributed by atoms with Crippen LogP contribution in [0.5, 0.6) is 0 Å². The molecular weight excluding hydrogens is 356 g/mol. The smallest absolute Gasteiger partial charge is 0.254 e. The maximum absolute atomic E-state index is 12.5. The Kier molecular flexibility index (Phi) is 6.04. The van der Waals surface area contributed by atoms with E-state index in [0.29, 0.717) is 44.3 Å². The first-order valence-electron chi connectivity index (χ1n) is 10.0. The van der Waals surface area contributed by atoms with Gasteiger partial charge in [-0.2, -0.15) is 0 Å². The molecule has 2 aromatic rings. The Bertz CT molecular complexity index is 756. The first-order chi connectivity index (χ1) is 13.7. The standard InChI is InChI=1S/C21H28N4O3/c26-20-12-17(14-24-6-5-22-15-24)11-19(20)23-13-16-1-3-18(4-2-16)21(27)25-7-9-28-10-8-25/h1-6,15,17,19-20,23,26H,7-14H2/t17?,19-,20-/m1/s1. The van der Waals surface area contributed by atoms with Gasteiger partial charge in [-0.1, -0.05) is 12.1 Å². The number of benzene rings is 1. The van der Waals surface area contributed by atoms with Crippen molar-refractivity contribution in [3.05, 3.63) is 54.1 Å². The van der Waals surface area contributed by atoms with Crippen molar-refractivity contribution in [2.45, 2.75) is 38.1 Å². The van der Waals surface area contributed by atoms with Gasteiger partial charge >= 0.3 is 0 Å². The van der Waals surface area contributed by atoms with Gasteiger partial charge in [-0.15, -0.1) is 0 Å². The Labute approximate surface area is 165 Å². The molecule has 1 aromatic heterocycles. The molecule has 3 atom stereocenters. The van der Waals surface area contributed by atoms with Crippen molar-refractivity contribution in [2.24, 2.45) is 5.92 Å². The molecule has 1 aliphatic heterocycles. The Balaban J connectivity index is 1.27. The molecule has 7 heteroatoms. The summed E-state index contributed by atoms with van der Waals surface area (Å²) in [6.45, 7) is 4.11. The van der Waals surface area contributed by atoms with E-state index in [-0.39, 0.29) is 18.1 Å². The quantitative estimate of drug-likeness (QED) is 0.785. The predicted octanol–water partition coefficient (Wildman–Crippen LogP) is 1.28. The van der Waals surface area contributed by atoms with Gasteiger partial charge in [0.1, 0.15) is 0 Å². The van der Waals surface area contributed by atoms with Gasteiger partial charge in [0.15, 0.2) is 0 Å². The van der Waals surface area contributed by atoms with Gasteiger partial charge in [-0.3, -0.25) is 4.79 Å². The van der Waals surface area contributed by atoms with Crippen molar-refractivity contribution in [2.75, 3.05) is 26.3 Å². The van der Waals surface area contributed by atoms with Crippen molar-refractivity contribution < 1.29 is 14.6 Å². The van der Waals surface area contributed by atoms with E-state index in [1.54, 1.807) is 6.20 Å². The van der Waals surface area contributed by atoms with Gasteiger partial charge in [-0.25, -0.2) is 4.98 Å². The molecular formula is C21H28N4O3. The molecule has 0 radical (unpaired) electrons. The van der Waals surface area contributed by atoms with Gasteiger partial charge in [-0.05, 0) is 36.5 Å². The molecule has 1 saturated carbocycles. The summed E-state index contributed by atoms with van der Waals surface area (Å²) >= 11 is 0. The van der Waals surface area contributed by atoms with E-state index in [1.807, 2.05) is 41.7 Å². The van der Waals surface area contributed by atoms with Crippen molar-refractivity contribution in [1.29, 1.82) is 0 Å². The Morgan fingerprint density at radius 3 is 2.71 bits per heavy atom. The van der Waals surface area contributed by atoms with Gasteiger partial charge in [0, 0.05) is 50.2 Å². The molecule has 2 fully saturated rings. The minimum atomic E-state index is -0.323. The van der Waals surface area contributed by atoms with E-state index >= 15 is 0 Å². The number of imidazole rings is 1. The average molecular weight is 384 g/mol. The van der Waals surface area contributed by atoms with Crippen LogP contribution in [0.25, 0.3) is 0 Å². The number of hydrogen-bond donors (Lipinski definition) is 2. The summed E-state index contributed by atoms with van der Waals surface area (Å²) < 4.78 is 7.38. The fourth-order valence-corrected chi connectivity index (χ4v) is 4.14. The third-order valence-corrected chi connectivity index (χ3v) is 5.72. The van der Waals surface area contributed by atoms with Crippen LogP contribution in [0.4, 0.5) is 0 Å². The molecule has 1 amide bonds. The number of nitrogens with zero attached hydrogens (tertiary/aromatic N) is 3. The number of morpholine rings is 1. The van der Waals surface area contributed by atoms with Gasteiger partial charge in [0.2, 0.25) is 0 Å². The number of aliphatic hydroxyl groups excluding tert-OH is 1. The molecule has 1 aromatic carbocycles. The summed E-state index contributed by atoms with van der Waals surface area (Å²) in [4.78, 5) is 18.4. The van der Waals surface area contributed by atoms with Crippen LogP contribution in [0, 0.1) is 5.92 Å². The van der Waals surface area contributed by atoms with Crippen LogP contribution >= 0.6 is 0 Å². The number of carbonyl (C=O) groups excluding carboxylic acids is 1. The zero-order valence-corrected chi connectivity index (χ0v) is 16.0. The van der Waals surface area contributed by atoms with Crippen molar-refractivity contribution in [1.82, 2.24) is 19.8 Å².